The first kappa shape index (κ1) is 19.0. The molecule has 22 heavy (non-hydrogen) atoms. The number of piperazine rings is 1. The Morgan fingerprint density at radius 3 is 2.55 bits per heavy atom. The van der Waals surface area contributed by atoms with Crippen LogP contribution in [0.3, 0.4) is 0 Å². The molecule has 3 unspecified atom stereocenters. The van der Waals surface area contributed by atoms with E-state index >= 15 is 0 Å². The Bertz CT molecular complexity index is 474. The van der Waals surface area contributed by atoms with Crippen LogP contribution < -0.4 is 5.32 Å². The standard InChI is InChI=1S/C18H28N2O.ClH/c1-5-16-6-8-17(9-7-16)13(2)12-18(21)20-11-10-19-14(3)15(20)4;/h6-9,13-15,19H,5,10-12H2,1-4H3;1H. The van der Waals surface area contributed by atoms with E-state index in [4.69, 9.17) is 0 Å². The molecule has 1 aromatic rings. The summed E-state index contributed by atoms with van der Waals surface area (Å²) in [6.45, 7) is 10.3. The summed E-state index contributed by atoms with van der Waals surface area (Å²) in [5.74, 6) is 0.559. The van der Waals surface area contributed by atoms with E-state index in [1.807, 2.05) is 4.90 Å². The molecule has 0 saturated carbocycles. The highest BCUT2D eigenvalue weighted by Crippen LogP contribution is 2.22. The Labute approximate surface area is 140 Å². The summed E-state index contributed by atoms with van der Waals surface area (Å²) in [5, 5.41) is 3.42. The molecule has 0 spiro atoms. The van der Waals surface area contributed by atoms with Gasteiger partial charge in [0, 0.05) is 31.6 Å². The Morgan fingerprint density at radius 1 is 1.32 bits per heavy atom. The molecule has 1 heterocycles. The molecule has 0 radical (unpaired) electrons. The van der Waals surface area contributed by atoms with E-state index in [0.717, 1.165) is 19.5 Å². The zero-order chi connectivity index (χ0) is 15.4. The molecule has 3 nitrogen and oxygen atoms in total. The van der Waals surface area contributed by atoms with Gasteiger partial charge in [-0.1, -0.05) is 38.1 Å². The average Bonchev–Trinajstić information content (AvgIpc) is 2.50. The zero-order valence-corrected chi connectivity index (χ0v) is 15.0. The van der Waals surface area contributed by atoms with Crippen LogP contribution in [-0.2, 0) is 11.2 Å². The highest BCUT2D eigenvalue weighted by Gasteiger charge is 2.28. The first-order valence-corrected chi connectivity index (χ1v) is 8.14. The van der Waals surface area contributed by atoms with Crippen molar-refractivity contribution in [3.8, 4) is 0 Å². The van der Waals surface area contributed by atoms with Crippen LogP contribution in [0, 0.1) is 0 Å². The van der Waals surface area contributed by atoms with Crippen LogP contribution in [0.25, 0.3) is 0 Å². The lowest BCUT2D eigenvalue weighted by Crippen LogP contribution is -2.57. The lowest BCUT2D eigenvalue weighted by molar-refractivity contribution is -0.135. The van der Waals surface area contributed by atoms with Crippen molar-refractivity contribution in [1.29, 1.82) is 0 Å². The fourth-order valence-electron chi connectivity index (χ4n) is 2.99. The van der Waals surface area contributed by atoms with Gasteiger partial charge in [-0.15, -0.1) is 12.4 Å². The summed E-state index contributed by atoms with van der Waals surface area (Å²) < 4.78 is 0. The predicted octanol–water partition coefficient (Wildman–Crippen LogP) is 3.37. The summed E-state index contributed by atoms with van der Waals surface area (Å²) in [6.07, 6.45) is 1.66. The lowest BCUT2D eigenvalue weighted by Gasteiger charge is -2.39. The van der Waals surface area contributed by atoms with Gasteiger partial charge in [0.1, 0.15) is 0 Å². The van der Waals surface area contributed by atoms with E-state index in [-0.39, 0.29) is 30.3 Å². The van der Waals surface area contributed by atoms with Crippen molar-refractivity contribution in [3.05, 3.63) is 35.4 Å². The monoisotopic (exact) mass is 324 g/mol. The van der Waals surface area contributed by atoms with Gasteiger partial charge in [0.05, 0.1) is 0 Å². The molecule has 0 bridgehead atoms. The molecule has 0 aromatic heterocycles. The van der Waals surface area contributed by atoms with Gasteiger partial charge >= 0.3 is 0 Å². The number of benzene rings is 1. The predicted molar refractivity (Wildman–Crippen MR) is 94.7 cm³/mol. The van der Waals surface area contributed by atoms with Gasteiger partial charge in [0.15, 0.2) is 0 Å². The van der Waals surface area contributed by atoms with Crippen LogP contribution in [0.15, 0.2) is 24.3 Å². The second-order valence-corrected chi connectivity index (χ2v) is 6.27. The maximum absolute atomic E-state index is 12.6. The Balaban J connectivity index is 0.00000242. The van der Waals surface area contributed by atoms with Crippen molar-refractivity contribution < 1.29 is 4.79 Å². The molecule has 1 fully saturated rings. The molecule has 1 N–H and O–H groups in total. The molecule has 2 rings (SSSR count). The summed E-state index contributed by atoms with van der Waals surface area (Å²) in [4.78, 5) is 14.6. The van der Waals surface area contributed by atoms with Gasteiger partial charge in [-0.3, -0.25) is 4.79 Å². The largest absolute Gasteiger partial charge is 0.337 e. The summed E-state index contributed by atoms with van der Waals surface area (Å²) in [6, 6.07) is 9.33. The van der Waals surface area contributed by atoms with Gasteiger partial charge in [0.25, 0.3) is 0 Å². The van der Waals surface area contributed by atoms with Gasteiger partial charge in [-0.2, -0.15) is 0 Å². The van der Waals surface area contributed by atoms with Crippen molar-refractivity contribution in [2.45, 2.75) is 58.5 Å². The number of nitrogens with zero attached hydrogens (tertiary/aromatic N) is 1. The molecule has 1 aliphatic heterocycles. The maximum Gasteiger partial charge on any atom is 0.223 e. The van der Waals surface area contributed by atoms with E-state index < -0.39 is 0 Å². The van der Waals surface area contributed by atoms with Crippen LogP contribution in [-0.4, -0.2) is 36.0 Å². The Morgan fingerprint density at radius 2 is 1.95 bits per heavy atom. The van der Waals surface area contributed by atoms with Crippen molar-refractivity contribution in [1.82, 2.24) is 10.2 Å². The normalized spacial score (nSPS) is 22.8. The summed E-state index contributed by atoms with van der Waals surface area (Å²) in [7, 11) is 0. The number of hydrogen-bond acceptors (Lipinski definition) is 2. The molecule has 3 atom stereocenters. The van der Waals surface area contributed by atoms with Crippen LogP contribution in [0.5, 0.6) is 0 Å². The highest BCUT2D eigenvalue weighted by molar-refractivity contribution is 5.85. The molecule has 1 saturated heterocycles. The Hall–Kier alpha value is -1.06. The van der Waals surface area contributed by atoms with Crippen molar-refractivity contribution >= 4 is 18.3 Å². The van der Waals surface area contributed by atoms with E-state index in [9.17, 15) is 4.79 Å². The fraction of sp³-hybridized carbons (Fsp3) is 0.611. The first-order valence-electron chi connectivity index (χ1n) is 8.14. The molecule has 0 aliphatic carbocycles. The number of carbonyl (C=O) groups excluding carboxylic acids is 1. The highest BCUT2D eigenvalue weighted by atomic mass is 35.5. The SMILES string of the molecule is CCc1ccc(C(C)CC(=O)N2CCNC(C)C2C)cc1.Cl. The van der Waals surface area contributed by atoms with Crippen molar-refractivity contribution in [3.63, 3.8) is 0 Å². The third kappa shape index (κ3) is 4.47. The van der Waals surface area contributed by atoms with Gasteiger partial charge in [-0.05, 0) is 37.3 Å². The second-order valence-electron chi connectivity index (χ2n) is 6.27. The molecular weight excluding hydrogens is 296 g/mol. The third-order valence-corrected chi connectivity index (χ3v) is 4.79. The molecule has 1 amide bonds. The second kappa shape index (κ2) is 8.54. The zero-order valence-electron chi connectivity index (χ0n) is 14.1. The van der Waals surface area contributed by atoms with Crippen molar-refractivity contribution in [2.75, 3.05) is 13.1 Å². The number of halogens is 1. The molecular formula is C18H29ClN2O. The molecule has 1 aromatic carbocycles. The number of aryl methyl sites for hydroxylation is 1. The molecule has 4 heteroatoms. The lowest BCUT2D eigenvalue weighted by atomic mass is 9.95. The fourth-order valence-corrected chi connectivity index (χ4v) is 2.99. The minimum Gasteiger partial charge on any atom is -0.337 e. The minimum absolute atomic E-state index is 0. The van der Waals surface area contributed by atoms with E-state index in [1.165, 1.54) is 11.1 Å². The summed E-state index contributed by atoms with van der Waals surface area (Å²) in [5.41, 5.74) is 2.61. The number of rotatable bonds is 4. The molecule has 124 valence electrons. The van der Waals surface area contributed by atoms with Crippen LogP contribution in [0.4, 0.5) is 0 Å². The summed E-state index contributed by atoms with van der Waals surface area (Å²) >= 11 is 0. The van der Waals surface area contributed by atoms with E-state index in [1.54, 1.807) is 0 Å². The number of carbonyl (C=O) groups is 1. The first-order chi connectivity index (χ1) is 10.0. The van der Waals surface area contributed by atoms with E-state index in [0.29, 0.717) is 12.5 Å². The third-order valence-electron chi connectivity index (χ3n) is 4.79. The van der Waals surface area contributed by atoms with Crippen molar-refractivity contribution in [2.24, 2.45) is 0 Å². The maximum atomic E-state index is 12.6. The van der Waals surface area contributed by atoms with Crippen LogP contribution in [0.2, 0.25) is 0 Å². The molecule has 1 aliphatic rings. The topological polar surface area (TPSA) is 32.3 Å². The van der Waals surface area contributed by atoms with Crippen LogP contribution in [0.1, 0.15) is 51.2 Å². The van der Waals surface area contributed by atoms with Gasteiger partial charge in [-0.25, -0.2) is 0 Å². The van der Waals surface area contributed by atoms with Crippen LogP contribution >= 0.6 is 12.4 Å². The average molecular weight is 325 g/mol. The van der Waals surface area contributed by atoms with Gasteiger partial charge in [0.2, 0.25) is 5.91 Å². The Kier molecular flexibility index (Phi) is 7.37. The minimum atomic E-state index is 0. The van der Waals surface area contributed by atoms with Gasteiger partial charge < -0.3 is 10.2 Å². The quantitative estimate of drug-likeness (QED) is 0.921. The number of hydrogen-bond donors (Lipinski definition) is 1. The van der Waals surface area contributed by atoms with E-state index in [2.05, 4.69) is 57.3 Å². The number of nitrogens with one attached hydrogen (secondary N) is 1. The number of amides is 1. The smallest absolute Gasteiger partial charge is 0.223 e.